The van der Waals surface area contributed by atoms with Gasteiger partial charge in [0.25, 0.3) is 0 Å². The maximum absolute atomic E-state index is 5.47. The number of aromatic nitrogens is 3. The predicted molar refractivity (Wildman–Crippen MR) is 71.8 cm³/mol. The van der Waals surface area contributed by atoms with Gasteiger partial charge in [-0.1, -0.05) is 12.8 Å². The summed E-state index contributed by atoms with van der Waals surface area (Å²) in [5.41, 5.74) is 3.26. The molecular formula is C13H17N3S. The molecule has 90 valence electrons. The first kappa shape index (κ1) is 11.0. The van der Waals surface area contributed by atoms with Crippen molar-refractivity contribution in [3.63, 3.8) is 0 Å². The molecule has 2 aromatic rings. The van der Waals surface area contributed by atoms with Gasteiger partial charge in [-0.05, 0) is 51.0 Å². The normalized spacial score (nSPS) is 18.9. The summed E-state index contributed by atoms with van der Waals surface area (Å²) < 4.78 is 3.04. The minimum absolute atomic E-state index is 0.149. The molecule has 1 fully saturated rings. The molecule has 0 unspecified atom stereocenters. The lowest BCUT2D eigenvalue weighted by molar-refractivity contribution is 0.333. The van der Waals surface area contributed by atoms with E-state index < -0.39 is 0 Å². The molecule has 1 saturated carbocycles. The molecule has 0 amide bonds. The third-order valence-corrected chi connectivity index (χ3v) is 4.18. The molecule has 0 aromatic carbocycles. The van der Waals surface area contributed by atoms with E-state index in [0.29, 0.717) is 0 Å². The molecule has 0 saturated heterocycles. The van der Waals surface area contributed by atoms with Crippen molar-refractivity contribution < 1.29 is 0 Å². The lowest BCUT2D eigenvalue weighted by atomic mass is 10.0. The monoisotopic (exact) mass is 247 g/mol. The molecule has 1 N–H and O–H groups in total. The number of fused-ring (bicyclic) bond motifs is 1. The van der Waals surface area contributed by atoms with Gasteiger partial charge in [0.1, 0.15) is 0 Å². The Bertz CT molecular complexity index is 617. The highest BCUT2D eigenvalue weighted by molar-refractivity contribution is 7.71. The number of rotatable bonds is 1. The Balaban J connectivity index is 2.31. The molecule has 3 rings (SSSR count). The van der Waals surface area contributed by atoms with Crippen LogP contribution < -0.4 is 0 Å². The first-order chi connectivity index (χ1) is 8.10. The second-order valence-corrected chi connectivity index (χ2v) is 5.68. The molecule has 3 nitrogen and oxygen atoms in total. The number of nitrogens with one attached hydrogen (secondary N) is 1. The van der Waals surface area contributed by atoms with Crippen molar-refractivity contribution in [1.29, 1.82) is 0 Å². The van der Waals surface area contributed by atoms with E-state index in [9.17, 15) is 0 Å². The molecule has 2 aromatic heterocycles. The fourth-order valence-corrected chi connectivity index (χ4v) is 3.36. The molecule has 1 aliphatic rings. The molecule has 2 heterocycles. The Morgan fingerprint density at radius 3 is 2.76 bits per heavy atom. The van der Waals surface area contributed by atoms with Crippen LogP contribution in [0, 0.1) is 11.7 Å². The zero-order valence-corrected chi connectivity index (χ0v) is 11.1. The lowest BCUT2D eigenvalue weighted by Gasteiger charge is -2.26. The molecule has 4 heteroatoms. The van der Waals surface area contributed by atoms with E-state index in [-0.39, 0.29) is 5.54 Å². The Labute approximate surface area is 106 Å². The number of pyridine rings is 1. The third kappa shape index (κ3) is 1.62. The van der Waals surface area contributed by atoms with Gasteiger partial charge in [-0.3, -0.25) is 4.57 Å². The van der Waals surface area contributed by atoms with Gasteiger partial charge >= 0.3 is 0 Å². The molecule has 17 heavy (non-hydrogen) atoms. The second kappa shape index (κ2) is 3.67. The first-order valence-corrected chi connectivity index (χ1v) is 6.60. The van der Waals surface area contributed by atoms with Crippen LogP contribution in [0.25, 0.3) is 11.2 Å². The van der Waals surface area contributed by atoms with Crippen molar-refractivity contribution in [1.82, 2.24) is 14.5 Å². The van der Waals surface area contributed by atoms with E-state index in [1.54, 1.807) is 0 Å². The van der Waals surface area contributed by atoms with Crippen molar-refractivity contribution in [2.24, 2.45) is 0 Å². The molecule has 0 atom stereocenters. The molecule has 0 aliphatic heterocycles. The minimum atomic E-state index is 0.149. The van der Waals surface area contributed by atoms with Gasteiger partial charge in [0.15, 0.2) is 10.4 Å². The van der Waals surface area contributed by atoms with Crippen molar-refractivity contribution in [3.8, 4) is 0 Å². The maximum Gasteiger partial charge on any atom is 0.179 e. The summed E-state index contributed by atoms with van der Waals surface area (Å²) in [7, 11) is 0. The first-order valence-electron chi connectivity index (χ1n) is 6.19. The van der Waals surface area contributed by atoms with E-state index in [1.165, 1.54) is 25.7 Å². The standard InChI is InChI=1S/C13H17N3S/c1-9-5-6-10-11(14-9)16(12(17)15-10)13(2)7-3-4-8-13/h5-6H,3-4,7-8H2,1-2H3,(H,15,17). The summed E-state index contributed by atoms with van der Waals surface area (Å²) in [5, 5.41) is 0. The lowest BCUT2D eigenvalue weighted by Crippen LogP contribution is -2.26. The summed E-state index contributed by atoms with van der Waals surface area (Å²) in [6.45, 7) is 4.32. The van der Waals surface area contributed by atoms with E-state index in [0.717, 1.165) is 21.6 Å². The zero-order valence-electron chi connectivity index (χ0n) is 10.3. The van der Waals surface area contributed by atoms with E-state index in [4.69, 9.17) is 12.2 Å². The van der Waals surface area contributed by atoms with Gasteiger partial charge in [0.05, 0.1) is 5.52 Å². The Hall–Kier alpha value is -1.16. The van der Waals surface area contributed by atoms with Crippen LogP contribution in [0.15, 0.2) is 12.1 Å². The number of imidazole rings is 1. The number of nitrogens with zero attached hydrogens (tertiary/aromatic N) is 2. The summed E-state index contributed by atoms with van der Waals surface area (Å²) in [6, 6.07) is 4.09. The second-order valence-electron chi connectivity index (χ2n) is 5.29. The number of hydrogen-bond donors (Lipinski definition) is 1. The molecule has 0 spiro atoms. The highest BCUT2D eigenvalue weighted by Gasteiger charge is 2.32. The summed E-state index contributed by atoms with van der Waals surface area (Å²) >= 11 is 5.47. The fraction of sp³-hybridized carbons (Fsp3) is 0.538. The van der Waals surface area contributed by atoms with Crippen LogP contribution in [0.2, 0.25) is 0 Å². The van der Waals surface area contributed by atoms with Crippen LogP contribution in [0.4, 0.5) is 0 Å². The van der Waals surface area contributed by atoms with Crippen molar-refractivity contribution in [3.05, 3.63) is 22.6 Å². The number of H-pyrrole nitrogens is 1. The Morgan fingerprint density at radius 2 is 2.06 bits per heavy atom. The predicted octanol–water partition coefficient (Wildman–Crippen LogP) is 3.69. The van der Waals surface area contributed by atoms with Gasteiger partial charge in [0.2, 0.25) is 0 Å². The van der Waals surface area contributed by atoms with E-state index in [2.05, 4.69) is 27.5 Å². The van der Waals surface area contributed by atoms with Crippen molar-refractivity contribution >= 4 is 23.4 Å². The van der Waals surface area contributed by atoms with Gasteiger partial charge in [-0.2, -0.15) is 0 Å². The highest BCUT2D eigenvalue weighted by Crippen LogP contribution is 2.38. The van der Waals surface area contributed by atoms with Gasteiger partial charge < -0.3 is 4.98 Å². The van der Waals surface area contributed by atoms with Crippen LogP contribution >= 0.6 is 12.2 Å². The van der Waals surface area contributed by atoms with Crippen LogP contribution in [0.1, 0.15) is 38.3 Å². The Morgan fingerprint density at radius 1 is 1.35 bits per heavy atom. The van der Waals surface area contributed by atoms with E-state index >= 15 is 0 Å². The average Bonchev–Trinajstić information content (AvgIpc) is 2.82. The van der Waals surface area contributed by atoms with Gasteiger partial charge in [0, 0.05) is 11.2 Å². The van der Waals surface area contributed by atoms with E-state index in [1.807, 2.05) is 13.0 Å². The van der Waals surface area contributed by atoms with Gasteiger partial charge in [-0.15, -0.1) is 0 Å². The molecular weight excluding hydrogens is 230 g/mol. The van der Waals surface area contributed by atoms with Crippen LogP contribution in [0.5, 0.6) is 0 Å². The fourth-order valence-electron chi connectivity index (χ4n) is 2.94. The quantitative estimate of drug-likeness (QED) is 0.780. The molecule has 1 aliphatic carbocycles. The van der Waals surface area contributed by atoms with Crippen LogP contribution in [-0.2, 0) is 5.54 Å². The number of aromatic amines is 1. The number of aryl methyl sites for hydroxylation is 1. The summed E-state index contributed by atoms with van der Waals surface area (Å²) in [5.74, 6) is 0. The number of hydrogen-bond acceptors (Lipinski definition) is 2. The van der Waals surface area contributed by atoms with Gasteiger partial charge in [-0.25, -0.2) is 4.98 Å². The topological polar surface area (TPSA) is 33.6 Å². The largest absolute Gasteiger partial charge is 0.329 e. The minimum Gasteiger partial charge on any atom is -0.329 e. The average molecular weight is 247 g/mol. The smallest absolute Gasteiger partial charge is 0.179 e. The maximum atomic E-state index is 5.47. The Kier molecular flexibility index (Phi) is 2.36. The molecule has 0 bridgehead atoms. The van der Waals surface area contributed by atoms with Crippen LogP contribution in [0.3, 0.4) is 0 Å². The summed E-state index contributed by atoms with van der Waals surface area (Å²) in [6.07, 6.45) is 4.97. The third-order valence-electron chi connectivity index (χ3n) is 3.89. The molecule has 0 radical (unpaired) electrons. The van der Waals surface area contributed by atoms with Crippen LogP contribution in [-0.4, -0.2) is 14.5 Å². The van der Waals surface area contributed by atoms with Crippen molar-refractivity contribution in [2.75, 3.05) is 0 Å². The highest BCUT2D eigenvalue weighted by atomic mass is 32.1. The SMILES string of the molecule is Cc1ccc2[nH]c(=S)n(C3(C)CCCC3)c2n1. The van der Waals surface area contributed by atoms with Crippen molar-refractivity contribution in [2.45, 2.75) is 45.1 Å². The zero-order chi connectivity index (χ0) is 12.0. The summed E-state index contributed by atoms with van der Waals surface area (Å²) in [4.78, 5) is 7.92.